The number of halogens is 1. The molecule has 2 aromatic carbocycles. The summed E-state index contributed by atoms with van der Waals surface area (Å²) in [5.74, 6) is -0.518. The molecule has 5 heteroatoms. The maximum absolute atomic E-state index is 13.0. The number of carbonyl (C=O) groups is 1. The van der Waals surface area contributed by atoms with E-state index in [4.69, 9.17) is 5.73 Å². The summed E-state index contributed by atoms with van der Waals surface area (Å²) >= 11 is 0. The number of hydrogen-bond donors (Lipinski definition) is 3. The molecule has 110 valence electrons. The van der Waals surface area contributed by atoms with Crippen LogP contribution in [-0.2, 0) is 11.2 Å². The van der Waals surface area contributed by atoms with Crippen molar-refractivity contribution in [1.82, 2.24) is 0 Å². The first-order valence-electron chi connectivity index (χ1n) is 6.56. The number of nitrogens with two attached hydrogens (primary N) is 1. The van der Waals surface area contributed by atoms with Crippen LogP contribution >= 0.6 is 0 Å². The number of nitrogens with one attached hydrogen (secondary N) is 1. The van der Waals surface area contributed by atoms with Crippen molar-refractivity contribution in [1.29, 1.82) is 0 Å². The molecular weight excluding hydrogens is 271 g/mol. The number of hydrogen-bond acceptors (Lipinski definition) is 3. The number of phenols is 1. The Morgan fingerprint density at radius 3 is 2.57 bits per heavy atom. The number of rotatable bonds is 4. The van der Waals surface area contributed by atoms with Crippen LogP contribution in [0, 0.1) is 12.7 Å². The molecule has 0 aliphatic carbocycles. The second-order valence-electron chi connectivity index (χ2n) is 4.93. The molecule has 1 atom stereocenters. The average molecular weight is 288 g/mol. The topological polar surface area (TPSA) is 75.4 Å². The molecule has 0 radical (unpaired) electrons. The largest absolute Gasteiger partial charge is 0.508 e. The first-order valence-corrected chi connectivity index (χ1v) is 6.56. The maximum Gasteiger partial charge on any atom is 0.241 e. The van der Waals surface area contributed by atoms with Crippen molar-refractivity contribution < 1.29 is 14.3 Å². The van der Waals surface area contributed by atoms with Crippen LogP contribution in [0.2, 0.25) is 0 Å². The highest BCUT2D eigenvalue weighted by Gasteiger charge is 2.15. The Kier molecular flexibility index (Phi) is 4.55. The van der Waals surface area contributed by atoms with Gasteiger partial charge in [-0.15, -0.1) is 0 Å². The summed E-state index contributed by atoms with van der Waals surface area (Å²) in [5.41, 5.74) is 7.90. The Labute approximate surface area is 122 Å². The van der Waals surface area contributed by atoms with Crippen LogP contribution in [-0.4, -0.2) is 17.1 Å². The summed E-state index contributed by atoms with van der Waals surface area (Å²) < 4.78 is 13.0. The number of anilines is 1. The summed E-state index contributed by atoms with van der Waals surface area (Å²) in [6.07, 6.45) is 0.354. The summed E-state index contributed by atoms with van der Waals surface area (Å²) in [6.45, 7) is 1.71. The number of aromatic hydroxyl groups is 1. The Morgan fingerprint density at radius 2 is 1.95 bits per heavy atom. The van der Waals surface area contributed by atoms with Gasteiger partial charge >= 0.3 is 0 Å². The van der Waals surface area contributed by atoms with Gasteiger partial charge in [-0.25, -0.2) is 4.39 Å². The van der Waals surface area contributed by atoms with E-state index < -0.39 is 6.04 Å². The lowest BCUT2D eigenvalue weighted by atomic mass is 10.1. The minimum Gasteiger partial charge on any atom is -0.508 e. The number of phenolic OH excluding ortho intramolecular Hbond substituents is 1. The Balaban J connectivity index is 2.00. The van der Waals surface area contributed by atoms with Gasteiger partial charge in [0.2, 0.25) is 5.91 Å². The Hall–Kier alpha value is -2.40. The van der Waals surface area contributed by atoms with Gasteiger partial charge in [-0.1, -0.05) is 12.1 Å². The fourth-order valence-electron chi connectivity index (χ4n) is 1.97. The molecule has 4 nitrogen and oxygen atoms in total. The van der Waals surface area contributed by atoms with E-state index in [-0.39, 0.29) is 17.5 Å². The zero-order chi connectivity index (χ0) is 15.4. The smallest absolute Gasteiger partial charge is 0.241 e. The number of aryl methyl sites for hydroxylation is 1. The molecule has 0 aliphatic rings. The summed E-state index contributed by atoms with van der Waals surface area (Å²) in [4.78, 5) is 12.0. The molecule has 0 aliphatic heterocycles. The summed E-state index contributed by atoms with van der Waals surface area (Å²) in [6, 6.07) is 9.94. The lowest BCUT2D eigenvalue weighted by Gasteiger charge is -2.14. The van der Waals surface area contributed by atoms with Crippen molar-refractivity contribution in [2.75, 3.05) is 5.32 Å². The molecule has 4 N–H and O–H groups in total. The number of benzene rings is 2. The van der Waals surface area contributed by atoms with Gasteiger partial charge in [0.15, 0.2) is 0 Å². The second kappa shape index (κ2) is 6.37. The van der Waals surface area contributed by atoms with Crippen molar-refractivity contribution in [3.8, 4) is 5.75 Å². The van der Waals surface area contributed by atoms with Crippen molar-refractivity contribution >= 4 is 11.6 Å². The van der Waals surface area contributed by atoms with Gasteiger partial charge in [0, 0.05) is 5.69 Å². The molecule has 0 fully saturated rings. The lowest BCUT2D eigenvalue weighted by molar-refractivity contribution is -0.117. The number of carbonyl (C=O) groups excluding carboxylic acids is 1. The van der Waals surface area contributed by atoms with E-state index in [2.05, 4.69) is 5.32 Å². The van der Waals surface area contributed by atoms with Crippen LogP contribution in [0.5, 0.6) is 5.75 Å². The third-order valence-electron chi connectivity index (χ3n) is 3.18. The molecule has 0 heterocycles. The first-order chi connectivity index (χ1) is 9.95. The number of amides is 1. The van der Waals surface area contributed by atoms with Crippen molar-refractivity contribution in [3.63, 3.8) is 0 Å². The lowest BCUT2D eigenvalue weighted by Crippen LogP contribution is -2.37. The zero-order valence-corrected chi connectivity index (χ0v) is 11.6. The van der Waals surface area contributed by atoms with Crippen LogP contribution < -0.4 is 11.1 Å². The molecule has 0 spiro atoms. The zero-order valence-electron chi connectivity index (χ0n) is 11.6. The first kappa shape index (κ1) is 15.0. The maximum atomic E-state index is 13.0. The molecule has 2 rings (SSSR count). The van der Waals surface area contributed by atoms with Gasteiger partial charge < -0.3 is 16.2 Å². The molecule has 21 heavy (non-hydrogen) atoms. The average Bonchev–Trinajstić information content (AvgIpc) is 2.44. The molecule has 1 unspecified atom stereocenters. The standard InChI is InChI=1S/C16H17FN2O2/c1-10-8-12(17)4-7-15(10)19-16(21)14(18)9-11-2-5-13(20)6-3-11/h2-8,14,20H,9,18H2,1H3,(H,19,21). The highest BCUT2D eigenvalue weighted by Crippen LogP contribution is 2.16. The van der Waals surface area contributed by atoms with E-state index in [1.807, 2.05) is 0 Å². The molecule has 0 bridgehead atoms. The van der Waals surface area contributed by atoms with Crippen molar-refractivity contribution in [3.05, 3.63) is 59.4 Å². The second-order valence-corrected chi connectivity index (χ2v) is 4.93. The SMILES string of the molecule is Cc1cc(F)ccc1NC(=O)C(N)Cc1ccc(O)cc1. The van der Waals surface area contributed by atoms with Crippen LogP contribution in [0.25, 0.3) is 0 Å². The normalized spacial score (nSPS) is 12.0. The van der Waals surface area contributed by atoms with E-state index >= 15 is 0 Å². The highest BCUT2D eigenvalue weighted by atomic mass is 19.1. The quantitative estimate of drug-likeness (QED) is 0.808. The molecule has 1 amide bonds. The minimum absolute atomic E-state index is 0.165. The van der Waals surface area contributed by atoms with Gasteiger partial charge in [0.25, 0.3) is 0 Å². The van der Waals surface area contributed by atoms with Crippen molar-refractivity contribution in [2.45, 2.75) is 19.4 Å². The highest BCUT2D eigenvalue weighted by molar-refractivity contribution is 5.95. The molecule has 0 saturated carbocycles. The van der Waals surface area contributed by atoms with E-state index in [0.717, 1.165) is 5.56 Å². The monoisotopic (exact) mass is 288 g/mol. The van der Waals surface area contributed by atoms with Gasteiger partial charge in [-0.2, -0.15) is 0 Å². The van der Waals surface area contributed by atoms with Crippen LogP contribution in [0.4, 0.5) is 10.1 Å². The van der Waals surface area contributed by atoms with Gasteiger partial charge in [0.05, 0.1) is 6.04 Å². The third kappa shape index (κ3) is 4.03. The van der Waals surface area contributed by atoms with E-state index in [9.17, 15) is 14.3 Å². The van der Waals surface area contributed by atoms with E-state index in [1.165, 1.54) is 18.2 Å². The van der Waals surface area contributed by atoms with Crippen LogP contribution in [0.3, 0.4) is 0 Å². The fourth-order valence-corrected chi connectivity index (χ4v) is 1.97. The van der Waals surface area contributed by atoms with E-state index in [0.29, 0.717) is 17.7 Å². The summed E-state index contributed by atoms with van der Waals surface area (Å²) in [7, 11) is 0. The van der Waals surface area contributed by atoms with Gasteiger partial charge in [0.1, 0.15) is 11.6 Å². The predicted octanol–water partition coefficient (Wildman–Crippen LogP) is 2.35. The molecular formula is C16H17FN2O2. The van der Waals surface area contributed by atoms with E-state index in [1.54, 1.807) is 31.2 Å². The van der Waals surface area contributed by atoms with Crippen molar-refractivity contribution in [2.24, 2.45) is 5.73 Å². The molecule has 0 aromatic heterocycles. The van der Waals surface area contributed by atoms with Crippen LogP contribution in [0.15, 0.2) is 42.5 Å². The van der Waals surface area contributed by atoms with Gasteiger partial charge in [-0.3, -0.25) is 4.79 Å². The molecule has 2 aromatic rings. The fraction of sp³-hybridized carbons (Fsp3) is 0.188. The third-order valence-corrected chi connectivity index (χ3v) is 3.18. The Morgan fingerprint density at radius 1 is 1.29 bits per heavy atom. The predicted molar refractivity (Wildman–Crippen MR) is 79.6 cm³/mol. The minimum atomic E-state index is -0.723. The molecule has 0 saturated heterocycles. The summed E-state index contributed by atoms with van der Waals surface area (Å²) in [5, 5.41) is 11.9. The van der Waals surface area contributed by atoms with Gasteiger partial charge in [-0.05, 0) is 54.8 Å². The van der Waals surface area contributed by atoms with Crippen LogP contribution in [0.1, 0.15) is 11.1 Å². The Bertz CT molecular complexity index is 641.